The average Bonchev–Trinajstić information content (AvgIpc) is 3.40. The molecule has 1 aliphatic heterocycles. The van der Waals surface area contributed by atoms with Crippen molar-refractivity contribution in [3.05, 3.63) is 71.8 Å². The number of aliphatic hydroxyl groups is 1. The van der Waals surface area contributed by atoms with Crippen molar-refractivity contribution in [3.8, 4) is 0 Å². The summed E-state index contributed by atoms with van der Waals surface area (Å²) >= 11 is 0. The van der Waals surface area contributed by atoms with Crippen molar-refractivity contribution < 1.29 is 19.0 Å². The molecular formula is C31H42O4Si. The highest BCUT2D eigenvalue weighted by atomic mass is 28.4. The molecule has 2 fully saturated rings. The van der Waals surface area contributed by atoms with Crippen molar-refractivity contribution in [1.82, 2.24) is 0 Å². The van der Waals surface area contributed by atoms with Crippen LogP contribution in [-0.2, 0) is 13.9 Å². The van der Waals surface area contributed by atoms with Crippen LogP contribution in [0.15, 0.2) is 71.8 Å². The van der Waals surface area contributed by atoms with Crippen molar-refractivity contribution >= 4 is 18.7 Å². The molecule has 2 aromatic carbocycles. The van der Waals surface area contributed by atoms with E-state index in [1.807, 2.05) is 13.8 Å². The zero-order valence-corrected chi connectivity index (χ0v) is 23.8. The van der Waals surface area contributed by atoms with Crippen LogP contribution in [0.2, 0.25) is 5.04 Å². The molecule has 1 heterocycles. The monoisotopic (exact) mass is 506 g/mol. The summed E-state index contributed by atoms with van der Waals surface area (Å²) < 4.78 is 20.0. The van der Waals surface area contributed by atoms with Gasteiger partial charge < -0.3 is 19.0 Å². The molecule has 5 heteroatoms. The van der Waals surface area contributed by atoms with Gasteiger partial charge in [0.25, 0.3) is 8.32 Å². The Morgan fingerprint density at radius 2 is 1.39 bits per heavy atom. The Hall–Kier alpha value is -1.76. The van der Waals surface area contributed by atoms with E-state index in [-0.39, 0.29) is 16.6 Å². The third-order valence-electron chi connectivity index (χ3n) is 8.91. The number of ether oxygens (including phenoxy) is 2. The third-order valence-corrected chi connectivity index (χ3v) is 14.0. The van der Waals surface area contributed by atoms with Crippen LogP contribution >= 0.6 is 0 Å². The summed E-state index contributed by atoms with van der Waals surface area (Å²) in [4.78, 5) is 0. The lowest BCUT2D eigenvalue weighted by molar-refractivity contribution is -0.179. The fraction of sp³-hybridized carbons (Fsp3) is 0.548. The molecule has 0 aromatic heterocycles. The zero-order chi connectivity index (χ0) is 25.8. The molecule has 0 radical (unpaired) electrons. The molecule has 1 spiro atoms. The lowest BCUT2D eigenvalue weighted by Gasteiger charge is -2.50. The molecule has 2 atom stereocenters. The Kier molecular flexibility index (Phi) is 6.41. The number of hydrogen-bond donors (Lipinski definition) is 1. The molecule has 194 valence electrons. The largest absolute Gasteiger partial charge is 0.403 e. The molecule has 5 rings (SSSR count). The van der Waals surface area contributed by atoms with Crippen LogP contribution in [0.5, 0.6) is 0 Å². The lowest BCUT2D eigenvalue weighted by Crippen LogP contribution is -2.68. The second kappa shape index (κ2) is 8.92. The van der Waals surface area contributed by atoms with Gasteiger partial charge in [0.2, 0.25) is 0 Å². The molecule has 0 amide bonds. The zero-order valence-electron chi connectivity index (χ0n) is 22.8. The highest BCUT2D eigenvalue weighted by Gasteiger charge is 2.60. The van der Waals surface area contributed by atoms with Gasteiger partial charge in [-0.2, -0.15) is 0 Å². The Balaban J connectivity index is 1.63. The van der Waals surface area contributed by atoms with Crippen molar-refractivity contribution in [2.24, 2.45) is 5.41 Å². The molecule has 0 unspecified atom stereocenters. The van der Waals surface area contributed by atoms with E-state index in [9.17, 15) is 5.11 Å². The van der Waals surface area contributed by atoms with Crippen LogP contribution in [0.3, 0.4) is 0 Å². The van der Waals surface area contributed by atoms with Gasteiger partial charge in [-0.25, -0.2) is 0 Å². The summed E-state index contributed by atoms with van der Waals surface area (Å²) in [5.41, 5.74) is 1.29. The van der Waals surface area contributed by atoms with Crippen molar-refractivity contribution in [3.63, 3.8) is 0 Å². The fourth-order valence-electron chi connectivity index (χ4n) is 6.94. The van der Waals surface area contributed by atoms with Crippen LogP contribution in [0.4, 0.5) is 0 Å². The van der Waals surface area contributed by atoms with Gasteiger partial charge in [-0.05, 0) is 47.7 Å². The smallest absolute Gasteiger partial charge is 0.261 e. The van der Waals surface area contributed by atoms with Crippen LogP contribution in [0, 0.1) is 5.41 Å². The summed E-state index contributed by atoms with van der Waals surface area (Å²) in [6.07, 6.45) is 3.19. The van der Waals surface area contributed by atoms with Crippen molar-refractivity contribution in [2.75, 3.05) is 13.2 Å². The number of fused-ring (bicyclic) bond motifs is 1. The standard InChI is InChI=1S/C31H42O4Si/c1-28(2,3)36(23-13-9-7-10-14-23,24-15-11-8-12-16-24)35-27-21-25(29(4,5)32)26-22-31(33-19-20-34-31)18-17-30(26,27)6/h7-16,27,32H,17-22H2,1-6H3/t27-,30-/m0/s1. The van der Waals surface area contributed by atoms with E-state index >= 15 is 0 Å². The van der Waals surface area contributed by atoms with Crippen LogP contribution < -0.4 is 10.4 Å². The molecule has 4 nitrogen and oxygen atoms in total. The second-order valence-corrected chi connectivity index (χ2v) is 16.9. The van der Waals surface area contributed by atoms with Crippen molar-refractivity contribution in [1.29, 1.82) is 0 Å². The maximum atomic E-state index is 11.3. The van der Waals surface area contributed by atoms with E-state index in [1.54, 1.807) is 0 Å². The van der Waals surface area contributed by atoms with Crippen LogP contribution in [-0.4, -0.2) is 44.1 Å². The minimum absolute atomic E-state index is 0.0287. The van der Waals surface area contributed by atoms with E-state index in [0.717, 1.165) is 24.8 Å². The Bertz CT molecular complexity index is 1070. The predicted octanol–water partition coefficient (Wildman–Crippen LogP) is 5.34. The third kappa shape index (κ3) is 4.13. The van der Waals surface area contributed by atoms with Gasteiger partial charge in [0.1, 0.15) is 0 Å². The van der Waals surface area contributed by atoms with E-state index < -0.39 is 19.7 Å². The molecular weight excluding hydrogens is 464 g/mol. The molecule has 36 heavy (non-hydrogen) atoms. The summed E-state index contributed by atoms with van der Waals surface area (Å²) in [6, 6.07) is 21.7. The lowest BCUT2D eigenvalue weighted by atomic mass is 9.68. The number of hydrogen-bond acceptors (Lipinski definition) is 4. The number of rotatable bonds is 5. The first-order chi connectivity index (χ1) is 16.9. The Morgan fingerprint density at radius 3 is 1.86 bits per heavy atom. The van der Waals surface area contributed by atoms with Gasteiger partial charge in [0.15, 0.2) is 5.79 Å². The molecule has 2 aromatic rings. The van der Waals surface area contributed by atoms with Gasteiger partial charge in [-0.15, -0.1) is 0 Å². The molecule has 0 bridgehead atoms. The minimum atomic E-state index is -2.74. The molecule has 2 aliphatic carbocycles. The topological polar surface area (TPSA) is 47.9 Å². The Labute approximate surface area is 217 Å². The van der Waals surface area contributed by atoms with Gasteiger partial charge in [0, 0.05) is 18.3 Å². The maximum absolute atomic E-state index is 11.3. The summed E-state index contributed by atoms with van der Waals surface area (Å²) in [7, 11) is -2.74. The van der Waals surface area contributed by atoms with E-state index in [4.69, 9.17) is 13.9 Å². The fourth-order valence-corrected chi connectivity index (χ4v) is 11.7. The number of benzene rings is 2. The predicted molar refractivity (Wildman–Crippen MR) is 147 cm³/mol. The van der Waals surface area contributed by atoms with Gasteiger partial charge >= 0.3 is 0 Å². The van der Waals surface area contributed by atoms with E-state index in [1.165, 1.54) is 15.9 Å². The van der Waals surface area contributed by atoms with Gasteiger partial charge in [-0.3, -0.25) is 0 Å². The molecule has 1 N–H and O–H groups in total. The highest BCUT2D eigenvalue weighted by Crippen LogP contribution is 2.59. The molecule has 3 aliphatic rings. The van der Waals surface area contributed by atoms with E-state index in [2.05, 4.69) is 88.4 Å². The average molecular weight is 507 g/mol. The molecule has 1 saturated heterocycles. The first-order valence-corrected chi connectivity index (χ1v) is 15.3. The first kappa shape index (κ1) is 25.9. The van der Waals surface area contributed by atoms with Gasteiger partial charge in [0.05, 0.1) is 24.9 Å². The minimum Gasteiger partial charge on any atom is -0.403 e. The normalized spacial score (nSPS) is 26.5. The second-order valence-electron chi connectivity index (χ2n) is 12.7. The van der Waals surface area contributed by atoms with Crippen LogP contribution in [0.1, 0.15) is 67.2 Å². The molecule has 1 saturated carbocycles. The Morgan fingerprint density at radius 1 is 0.861 bits per heavy atom. The summed E-state index contributed by atoms with van der Waals surface area (Å²) in [6.45, 7) is 14.5. The maximum Gasteiger partial charge on any atom is 0.261 e. The van der Waals surface area contributed by atoms with E-state index in [0.29, 0.717) is 19.6 Å². The highest BCUT2D eigenvalue weighted by molar-refractivity contribution is 6.99. The van der Waals surface area contributed by atoms with Crippen LogP contribution in [0.25, 0.3) is 0 Å². The summed E-state index contributed by atoms with van der Waals surface area (Å²) in [5, 5.41) is 13.8. The van der Waals surface area contributed by atoms with Crippen molar-refractivity contribution in [2.45, 2.75) is 89.8 Å². The quantitative estimate of drug-likeness (QED) is 0.440. The summed E-state index contributed by atoms with van der Waals surface area (Å²) in [5.74, 6) is -0.544. The van der Waals surface area contributed by atoms with Gasteiger partial charge in [-0.1, -0.05) is 93.9 Å². The SMILES string of the molecule is CC(C)(O)C1=C2CC3(CC[C@]2(C)[C@@H](O[Si](c2ccccc2)(c2ccccc2)C(C)(C)C)C1)OCCO3. The first-order valence-electron chi connectivity index (χ1n) is 13.4.